The maximum absolute atomic E-state index is 5.44. The molecule has 0 saturated heterocycles. The molecule has 0 aromatic heterocycles. The number of benzene rings is 3. The van der Waals surface area contributed by atoms with Crippen molar-refractivity contribution in [1.82, 2.24) is 0 Å². The zero-order valence-electron chi connectivity index (χ0n) is 10.6. The van der Waals surface area contributed by atoms with Crippen LogP contribution in [0.5, 0.6) is 0 Å². The predicted octanol–water partition coefficient (Wildman–Crippen LogP) is 4.41. The van der Waals surface area contributed by atoms with Crippen molar-refractivity contribution in [2.75, 3.05) is 0 Å². The quantitative estimate of drug-likeness (QED) is 0.584. The van der Waals surface area contributed by atoms with Crippen LogP contribution in [0.4, 0.5) is 0 Å². The van der Waals surface area contributed by atoms with Gasteiger partial charge in [0.15, 0.2) is 0 Å². The lowest BCUT2D eigenvalue weighted by Crippen LogP contribution is -1.89. The van der Waals surface area contributed by atoms with Gasteiger partial charge in [0.05, 0.1) is 0 Å². The number of terminal acetylenes is 1. The fourth-order valence-corrected chi connectivity index (χ4v) is 2.36. The average Bonchev–Trinajstić information content (AvgIpc) is 2.47. The molecule has 90 valence electrons. The summed E-state index contributed by atoms with van der Waals surface area (Å²) in [5, 5.41) is 2.57. The molecule has 0 heteroatoms. The maximum Gasteiger partial charge on any atom is 0.0245 e. The van der Waals surface area contributed by atoms with Crippen molar-refractivity contribution in [3.8, 4) is 12.3 Å². The van der Waals surface area contributed by atoms with E-state index in [-0.39, 0.29) is 0 Å². The van der Waals surface area contributed by atoms with Gasteiger partial charge in [-0.25, -0.2) is 0 Å². The maximum atomic E-state index is 5.44. The molecule has 0 spiro atoms. The summed E-state index contributed by atoms with van der Waals surface area (Å²) < 4.78 is 0. The smallest absolute Gasteiger partial charge is 0.0245 e. The Kier molecular flexibility index (Phi) is 3.04. The van der Waals surface area contributed by atoms with Crippen LogP contribution in [0.1, 0.15) is 16.7 Å². The molecule has 0 heterocycles. The molecular weight excluding hydrogens is 228 g/mol. The Morgan fingerprint density at radius 3 is 2.37 bits per heavy atom. The Bertz CT molecular complexity index is 760. The van der Waals surface area contributed by atoms with Crippen LogP contribution in [0.3, 0.4) is 0 Å². The van der Waals surface area contributed by atoms with E-state index < -0.39 is 0 Å². The van der Waals surface area contributed by atoms with E-state index in [1.807, 2.05) is 12.1 Å². The SMILES string of the molecule is C#Cc1cccc(Cc2ccc3ccccc3c2)c1. The first-order valence-electron chi connectivity index (χ1n) is 6.38. The number of rotatable bonds is 2. The highest BCUT2D eigenvalue weighted by atomic mass is 14.0. The van der Waals surface area contributed by atoms with Crippen molar-refractivity contribution in [3.63, 3.8) is 0 Å². The van der Waals surface area contributed by atoms with Gasteiger partial charge < -0.3 is 0 Å². The lowest BCUT2D eigenvalue weighted by molar-refractivity contribution is 1.20. The molecule has 0 aliphatic carbocycles. The summed E-state index contributed by atoms with van der Waals surface area (Å²) in [5.74, 6) is 2.68. The van der Waals surface area contributed by atoms with Crippen LogP contribution >= 0.6 is 0 Å². The van der Waals surface area contributed by atoms with Crippen LogP contribution in [0.2, 0.25) is 0 Å². The van der Waals surface area contributed by atoms with Gasteiger partial charge in [0.2, 0.25) is 0 Å². The summed E-state index contributed by atoms with van der Waals surface area (Å²) in [6.45, 7) is 0. The third kappa shape index (κ3) is 2.51. The van der Waals surface area contributed by atoms with Crippen LogP contribution < -0.4 is 0 Å². The van der Waals surface area contributed by atoms with Gasteiger partial charge in [0.25, 0.3) is 0 Å². The monoisotopic (exact) mass is 242 g/mol. The number of hydrogen-bond donors (Lipinski definition) is 0. The highest BCUT2D eigenvalue weighted by Crippen LogP contribution is 2.18. The van der Waals surface area contributed by atoms with E-state index in [0.29, 0.717) is 0 Å². The number of hydrogen-bond acceptors (Lipinski definition) is 0. The van der Waals surface area contributed by atoms with E-state index in [4.69, 9.17) is 6.42 Å². The normalized spacial score (nSPS) is 10.3. The van der Waals surface area contributed by atoms with Gasteiger partial charge in [-0.15, -0.1) is 6.42 Å². The molecule has 0 aliphatic heterocycles. The molecule has 3 rings (SSSR count). The Morgan fingerprint density at radius 1 is 0.737 bits per heavy atom. The second-order valence-corrected chi connectivity index (χ2v) is 4.70. The lowest BCUT2D eigenvalue weighted by atomic mass is 10.0. The molecule has 0 nitrogen and oxygen atoms in total. The molecule has 0 bridgehead atoms. The van der Waals surface area contributed by atoms with Gasteiger partial charge in [0, 0.05) is 5.56 Å². The summed E-state index contributed by atoms with van der Waals surface area (Å²) in [7, 11) is 0. The Morgan fingerprint density at radius 2 is 1.53 bits per heavy atom. The fraction of sp³-hybridized carbons (Fsp3) is 0.0526. The van der Waals surface area contributed by atoms with E-state index in [0.717, 1.165) is 12.0 Å². The van der Waals surface area contributed by atoms with Crippen LogP contribution in [-0.2, 0) is 6.42 Å². The summed E-state index contributed by atoms with van der Waals surface area (Å²) in [5.41, 5.74) is 3.51. The molecule has 0 atom stereocenters. The van der Waals surface area contributed by atoms with Gasteiger partial charge in [-0.05, 0) is 40.5 Å². The Balaban J connectivity index is 1.94. The third-order valence-electron chi connectivity index (χ3n) is 3.32. The Hall–Kier alpha value is -2.52. The number of fused-ring (bicyclic) bond motifs is 1. The average molecular weight is 242 g/mol. The second kappa shape index (κ2) is 5.00. The largest absolute Gasteiger partial charge is 0.115 e. The zero-order valence-corrected chi connectivity index (χ0v) is 10.6. The van der Waals surface area contributed by atoms with Gasteiger partial charge in [-0.1, -0.05) is 60.5 Å². The van der Waals surface area contributed by atoms with Crippen LogP contribution in [0.25, 0.3) is 10.8 Å². The lowest BCUT2D eigenvalue weighted by Gasteiger charge is -2.05. The first kappa shape index (κ1) is 11.6. The van der Waals surface area contributed by atoms with Gasteiger partial charge in [-0.2, -0.15) is 0 Å². The summed E-state index contributed by atoms with van der Waals surface area (Å²) >= 11 is 0. The van der Waals surface area contributed by atoms with Crippen molar-refractivity contribution in [2.24, 2.45) is 0 Å². The first-order chi connectivity index (χ1) is 9.35. The Labute approximate surface area is 113 Å². The highest BCUT2D eigenvalue weighted by Gasteiger charge is 1.99. The minimum atomic E-state index is 0.917. The van der Waals surface area contributed by atoms with Gasteiger partial charge in [0.1, 0.15) is 0 Å². The minimum Gasteiger partial charge on any atom is -0.115 e. The van der Waals surface area contributed by atoms with Gasteiger partial charge >= 0.3 is 0 Å². The zero-order chi connectivity index (χ0) is 13.1. The topological polar surface area (TPSA) is 0 Å². The summed E-state index contributed by atoms with van der Waals surface area (Å²) in [6.07, 6.45) is 6.35. The summed E-state index contributed by atoms with van der Waals surface area (Å²) in [6, 6.07) is 23.2. The molecule has 0 fully saturated rings. The molecule has 0 unspecified atom stereocenters. The summed E-state index contributed by atoms with van der Waals surface area (Å²) in [4.78, 5) is 0. The highest BCUT2D eigenvalue weighted by molar-refractivity contribution is 5.83. The minimum absolute atomic E-state index is 0.917. The predicted molar refractivity (Wildman–Crippen MR) is 81.1 cm³/mol. The van der Waals surface area contributed by atoms with E-state index in [1.54, 1.807) is 0 Å². The fourth-order valence-electron chi connectivity index (χ4n) is 2.36. The molecule has 19 heavy (non-hydrogen) atoms. The molecule has 3 aromatic rings. The molecule has 0 saturated carbocycles. The molecule has 0 radical (unpaired) electrons. The van der Waals surface area contributed by atoms with Crippen molar-refractivity contribution in [1.29, 1.82) is 0 Å². The standard InChI is InChI=1S/C19H14/c1-2-15-6-5-7-16(12-15)13-17-10-11-18-8-3-4-9-19(18)14-17/h1,3-12,14H,13H2. The first-order valence-corrected chi connectivity index (χ1v) is 6.38. The van der Waals surface area contributed by atoms with Crippen molar-refractivity contribution in [2.45, 2.75) is 6.42 Å². The van der Waals surface area contributed by atoms with E-state index in [1.165, 1.54) is 21.9 Å². The van der Waals surface area contributed by atoms with Crippen LogP contribution in [-0.4, -0.2) is 0 Å². The van der Waals surface area contributed by atoms with E-state index >= 15 is 0 Å². The molecular formula is C19H14. The molecule has 0 N–H and O–H groups in total. The third-order valence-corrected chi connectivity index (χ3v) is 3.32. The molecule has 0 amide bonds. The van der Waals surface area contributed by atoms with Crippen molar-refractivity contribution in [3.05, 3.63) is 83.4 Å². The van der Waals surface area contributed by atoms with Crippen LogP contribution in [0.15, 0.2) is 66.7 Å². The van der Waals surface area contributed by atoms with E-state index in [9.17, 15) is 0 Å². The van der Waals surface area contributed by atoms with E-state index in [2.05, 4.69) is 60.5 Å². The van der Waals surface area contributed by atoms with Crippen molar-refractivity contribution >= 4 is 10.8 Å². The molecule has 0 aliphatic rings. The van der Waals surface area contributed by atoms with Crippen LogP contribution in [0, 0.1) is 12.3 Å². The van der Waals surface area contributed by atoms with Crippen molar-refractivity contribution < 1.29 is 0 Å². The second-order valence-electron chi connectivity index (χ2n) is 4.70. The molecule has 3 aromatic carbocycles. The van der Waals surface area contributed by atoms with Gasteiger partial charge in [-0.3, -0.25) is 0 Å².